The van der Waals surface area contributed by atoms with Gasteiger partial charge in [-0.25, -0.2) is 4.79 Å². The molecule has 0 fully saturated rings. The zero-order valence-corrected chi connectivity index (χ0v) is 8.82. The predicted octanol–water partition coefficient (Wildman–Crippen LogP) is 2.58. The zero-order valence-electron chi connectivity index (χ0n) is 8.82. The summed E-state index contributed by atoms with van der Waals surface area (Å²) in [6.07, 6.45) is 1.40. The molecule has 0 aliphatic carbocycles. The summed E-state index contributed by atoms with van der Waals surface area (Å²) in [5, 5.41) is 2.65. The van der Waals surface area contributed by atoms with Gasteiger partial charge in [-0.3, -0.25) is 0 Å². The van der Waals surface area contributed by atoms with E-state index in [1.165, 1.54) is 0 Å². The molecule has 0 aliphatic heterocycles. The second-order valence-electron chi connectivity index (χ2n) is 3.02. The van der Waals surface area contributed by atoms with Crippen LogP contribution in [0.5, 0.6) is 0 Å². The van der Waals surface area contributed by atoms with Crippen LogP contribution in [0.3, 0.4) is 0 Å². The number of amides is 1. The van der Waals surface area contributed by atoms with Crippen molar-refractivity contribution in [1.82, 2.24) is 5.32 Å². The third-order valence-electron chi connectivity index (χ3n) is 1.93. The smallest absolute Gasteiger partial charge is 0.407 e. The Bertz CT molecular complexity index is 330. The van der Waals surface area contributed by atoms with Crippen molar-refractivity contribution in [2.45, 2.75) is 13.5 Å². The molecule has 0 saturated heterocycles. The first-order valence-corrected chi connectivity index (χ1v) is 4.88. The molecule has 0 unspecified atom stereocenters. The Kier molecular flexibility index (Phi) is 4.41. The SMILES string of the molecule is C=Cc1ccc(CNC(=O)OCC)cc1. The highest BCUT2D eigenvalue weighted by atomic mass is 16.5. The van der Waals surface area contributed by atoms with E-state index in [-0.39, 0.29) is 6.09 Å². The summed E-state index contributed by atoms with van der Waals surface area (Å²) in [5.41, 5.74) is 2.10. The zero-order chi connectivity index (χ0) is 11.1. The Morgan fingerprint density at radius 2 is 2.13 bits per heavy atom. The van der Waals surface area contributed by atoms with Crippen LogP contribution in [0.2, 0.25) is 0 Å². The lowest BCUT2D eigenvalue weighted by Crippen LogP contribution is -2.23. The van der Waals surface area contributed by atoms with E-state index in [9.17, 15) is 4.79 Å². The van der Waals surface area contributed by atoms with Gasteiger partial charge in [0.25, 0.3) is 0 Å². The van der Waals surface area contributed by atoms with Crippen molar-refractivity contribution in [2.24, 2.45) is 0 Å². The number of ether oxygens (including phenoxy) is 1. The molecule has 0 bridgehead atoms. The Morgan fingerprint density at radius 1 is 1.47 bits per heavy atom. The minimum absolute atomic E-state index is 0.384. The summed E-state index contributed by atoms with van der Waals surface area (Å²) in [6, 6.07) is 7.80. The lowest BCUT2D eigenvalue weighted by Gasteiger charge is -2.05. The first-order chi connectivity index (χ1) is 7.26. The molecule has 1 aromatic carbocycles. The van der Waals surface area contributed by atoms with Crippen LogP contribution in [0.15, 0.2) is 30.8 Å². The largest absolute Gasteiger partial charge is 0.450 e. The first kappa shape index (κ1) is 11.3. The lowest BCUT2D eigenvalue weighted by atomic mass is 10.1. The van der Waals surface area contributed by atoms with Crippen molar-refractivity contribution < 1.29 is 9.53 Å². The summed E-state index contributed by atoms with van der Waals surface area (Å²) in [7, 11) is 0. The second-order valence-corrected chi connectivity index (χ2v) is 3.02. The quantitative estimate of drug-likeness (QED) is 0.820. The molecule has 15 heavy (non-hydrogen) atoms. The van der Waals surface area contributed by atoms with Crippen LogP contribution in [0.25, 0.3) is 6.08 Å². The summed E-state index contributed by atoms with van der Waals surface area (Å²) < 4.78 is 4.74. The van der Waals surface area contributed by atoms with Crippen LogP contribution in [0, 0.1) is 0 Å². The number of hydrogen-bond acceptors (Lipinski definition) is 2. The maximum atomic E-state index is 11.0. The van der Waals surface area contributed by atoms with Crippen LogP contribution in [-0.4, -0.2) is 12.7 Å². The van der Waals surface area contributed by atoms with Gasteiger partial charge >= 0.3 is 6.09 Å². The molecule has 0 heterocycles. The molecule has 1 aromatic rings. The fourth-order valence-electron chi connectivity index (χ4n) is 1.13. The highest BCUT2D eigenvalue weighted by Gasteiger charge is 1.99. The Balaban J connectivity index is 2.44. The molecule has 80 valence electrons. The van der Waals surface area contributed by atoms with Crippen LogP contribution in [0.4, 0.5) is 4.79 Å². The first-order valence-electron chi connectivity index (χ1n) is 4.88. The molecular weight excluding hydrogens is 190 g/mol. The number of nitrogens with one attached hydrogen (secondary N) is 1. The molecule has 0 atom stereocenters. The minimum atomic E-state index is -0.384. The third kappa shape index (κ3) is 3.85. The van der Waals surface area contributed by atoms with Gasteiger partial charge in [-0.2, -0.15) is 0 Å². The number of benzene rings is 1. The molecule has 1 N–H and O–H groups in total. The van der Waals surface area contributed by atoms with Gasteiger partial charge in [0.1, 0.15) is 0 Å². The van der Waals surface area contributed by atoms with Crippen molar-refractivity contribution in [3.05, 3.63) is 42.0 Å². The fraction of sp³-hybridized carbons (Fsp3) is 0.250. The van der Waals surface area contributed by atoms with E-state index in [4.69, 9.17) is 4.74 Å². The van der Waals surface area contributed by atoms with Gasteiger partial charge in [-0.05, 0) is 18.1 Å². The maximum Gasteiger partial charge on any atom is 0.407 e. The maximum absolute atomic E-state index is 11.0. The normalized spacial score (nSPS) is 9.40. The Hall–Kier alpha value is -1.77. The second kappa shape index (κ2) is 5.86. The predicted molar refractivity (Wildman–Crippen MR) is 60.4 cm³/mol. The molecule has 0 aliphatic rings. The van der Waals surface area contributed by atoms with Crippen molar-refractivity contribution in [1.29, 1.82) is 0 Å². The molecule has 1 amide bonds. The Morgan fingerprint density at radius 3 is 2.67 bits per heavy atom. The van der Waals surface area contributed by atoms with E-state index in [2.05, 4.69) is 11.9 Å². The Labute approximate surface area is 89.8 Å². The van der Waals surface area contributed by atoms with Gasteiger partial charge in [0.2, 0.25) is 0 Å². The summed E-state index contributed by atoms with van der Waals surface area (Å²) in [4.78, 5) is 11.0. The molecule has 3 nitrogen and oxygen atoms in total. The van der Waals surface area contributed by atoms with E-state index in [0.717, 1.165) is 11.1 Å². The number of carbonyl (C=O) groups excluding carboxylic acids is 1. The van der Waals surface area contributed by atoms with Crippen LogP contribution >= 0.6 is 0 Å². The third-order valence-corrected chi connectivity index (χ3v) is 1.93. The number of carbonyl (C=O) groups is 1. The number of alkyl carbamates (subject to hydrolysis) is 1. The molecule has 1 rings (SSSR count). The topological polar surface area (TPSA) is 38.3 Å². The van der Waals surface area contributed by atoms with Crippen LogP contribution in [-0.2, 0) is 11.3 Å². The standard InChI is InChI=1S/C12H15NO2/c1-3-10-5-7-11(8-6-10)9-13-12(14)15-4-2/h3,5-8H,1,4,9H2,2H3,(H,13,14). The van der Waals surface area contributed by atoms with E-state index < -0.39 is 0 Å². The van der Waals surface area contributed by atoms with E-state index in [0.29, 0.717) is 13.2 Å². The summed E-state index contributed by atoms with van der Waals surface area (Å²) in [6.45, 7) is 6.32. The van der Waals surface area contributed by atoms with Crippen molar-refractivity contribution in [3.63, 3.8) is 0 Å². The molecule has 0 spiro atoms. The molecule has 0 aromatic heterocycles. The van der Waals surface area contributed by atoms with E-state index >= 15 is 0 Å². The highest BCUT2D eigenvalue weighted by Crippen LogP contribution is 2.04. The van der Waals surface area contributed by atoms with Crippen molar-refractivity contribution in [2.75, 3.05) is 6.61 Å². The van der Waals surface area contributed by atoms with Gasteiger partial charge in [0.15, 0.2) is 0 Å². The van der Waals surface area contributed by atoms with Gasteiger partial charge in [0.05, 0.1) is 6.61 Å². The van der Waals surface area contributed by atoms with Gasteiger partial charge < -0.3 is 10.1 Å². The molecular formula is C12H15NO2. The average Bonchev–Trinajstić information content (AvgIpc) is 2.27. The van der Waals surface area contributed by atoms with E-state index in [1.807, 2.05) is 24.3 Å². The number of hydrogen-bond donors (Lipinski definition) is 1. The van der Waals surface area contributed by atoms with Gasteiger partial charge in [-0.15, -0.1) is 0 Å². The number of rotatable bonds is 4. The average molecular weight is 205 g/mol. The van der Waals surface area contributed by atoms with Crippen molar-refractivity contribution >= 4 is 12.2 Å². The highest BCUT2D eigenvalue weighted by molar-refractivity contribution is 5.67. The van der Waals surface area contributed by atoms with Crippen LogP contribution < -0.4 is 5.32 Å². The lowest BCUT2D eigenvalue weighted by molar-refractivity contribution is 0.151. The van der Waals surface area contributed by atoms with Gasteiger partial charge in [-0.1, -0.05) is 36.9 Å². The van der Waals surface area contributed by atoms with Gasteiger partial charge in [0, 0.05) is 6.54 Å². The van der Waals surface area contributed by atoms with Crippen molar-refractivity contribution in [3.8, 4) is 0 Å². The molecule has 0 saturated carbocycles. The minimum Gasteiger partial charge on any atom is -0.450 e. The van der Waals surface area contributed by atoms with Crippen LogP contribution in [0.1, 0.15) is 18.1 Å². The summed E-state index contributed by atoms with van der Waals surface area (Å²) in [5.74, 6) is 0. The van der Waals surface area contributed by atoms with E-state index in [1.54, 1.807) is 13.0 Å². The fourth-order valence-corrected chi connectivity index (χ4v) is 1.13. The monoisotopic (exact) mass is 205 g/mol. The molecule has 0 radical (unpaired) electrons. The summed E-state index contributed by atoms with van der Waals surface area (Å²) >= 11 is 0. The molecule has 3 heteroatoms.